The van der Waals surface area contributed by atoms with Crippen LogP contribution in [0.4, 0.5) is 11.5 Å². The number of fused-ring (bicyclic) bond motifs is 2. The lowest BCUT2D eigenvalue weighted by Gasteiger charge is -2.05. The van der Waals surface area contributed by atoms with Gasteiger partial charge in [0.05, 0.1) is 11.0 Å². The zero-order valence-corrected chi connectivity index (χ0v) is 12.5. The van der Waals surface area contributed by atoms with E-state index in [2.05, 4.69) is 43.6 Å². The molecule has 8 nitrogen and oxygen atoms in total. The van der Waals surface area contributed by atoms with Crippen LogP contribution in [-0.4, -0.2) is 34.8 Å². The van der Waals surface area contributed by atoms with E-state index in [-0.39, 0.29) is 0 Å². The van der Waals surface area contributed by atoms with Crippen molar-refractivity contribution < 1.29 is 0 Å². The van der Waals surface area contributed by atoms with Gasteiger partial charge in [0.15, 0.2) is 11.5 Å². The summed E-state index contributed by atoms with van der Waals surface area (Å²) >= 11 is 0. The Kier molecular flexibility index (Phi) is 2.44. The standard InChI is InChI=1S/C15H14N8/c1-22-12-5-4-10(8-11(12)17-15(22)9-2-3-9)16-13-6-7-14-18-20-21-23(14)19-13/h4-9H,2-3H2,1H3,(H,16,19). The van der Waals surface area contributed by atoms with Crippen LogP contribution in [-0.2, 0) is 7.05 Å². The molecule has 8 heteroatoms. The summed E-state index contributed by atoms with van der Waals surface area (Å²) < 4.78 is 3.59. The molecule has 3 aromatic heterocycles. The first-order valence-electron chi connectivity index (χ1n) is 7.57. The molecule has 0 saturated heterocycles. The van der Waals surface area contributed by atoms with Crippen LogP contribution in [0.2, 0.25) is 0 Å². The summed E-state index contributed by atoms with van der Waals surface area (Å²) in [5.41, 5.74) is 3.71. The number of aryl methyl sites for hydroxylation is 1. The highest BCUT2D eigenvalue weighted by molar-refractivity contribution is 5.81. The molecular weight excluding hydrogens is 292 g/mol. The average Bonchev–Trinajstić information content (AvgIpc) is 3.20. The predicted octanol–water partition coefficient (Wildman–Crippen LogP) is 2.03. The number of hydrogen-bond acceptors (Lipinski definition) is 6. The monoisotopic (exact) mass is 306 g/mol. The van der Waals surface area contributed by atoms with Gasteiger partial charge in [-0.2, -0.15) is 0 Å². The highest BCUT2D eigenvalue weighted by Gasteiger charge is 2.28. The highest BCUT2D eigenvalue weighted by atomic mass is 15.6. The molecule has 0 bridgehead atoms. The zero-order valence-electron chi connectivity index (χ0n) is 12.5. The summed E-state index contributed by atoms with van der Waals surface area (Å²) in [6.45, 7) is 0. The van der Waals surface area contributed by atoms with Crippen molar-refractivity contribution >= 4 is 28.2 Å². The van der Waals surface area contributed by atoms with E-state index in [0.29, 0.717) is 17.4 Å². The molecule has 114 valence electrons. The lowest BCUT2D eigenvalue weighted by molar-refractivity contribution is 0.736. The molecular formula is C15H14N8. The van der Waals surface area contributed by atoms with Gasteiger partial charge in [0.2, 0.25) is 0 Å². The van der Waals surface area contributed by atoms with Crippen LogP contribution in [0, 0.1) is 0 Å². The summed E-state index contributed by atoms with van der Waals surface area (Å²) in [4.78, 5) is 4.78. The van der Waals surface area contributed by atoms with E-state index in [1.165, 1.54) is 23.3 Å². The molecule has 0 atom stereocenters. The third kappa shape index (κ3) is 2.02. The zero-order chi connectivity index (χ0) is 15.4. The summed E-state index contributed by atoms with van der Waals surface area (Å²) in [5.74, 6) is 2.50. The fourth-order valence-electron chi connectivity index (χ4n) is 2.87. The van der Waals surface area contributed by atoms with Gasteiger partial charge in [-0.3, -0.25) is 0 Å². The second kappa shape index (κ2) is 4.48. The normalized spacial score (nSPS) is 14.7. The Morgan fingerprint density at radius 2 is 2.09 bits per heavy atom. The molecule has 0 unspecified atom stereocenters. The van der Waals surface area contributed by atoms with E-state index in [4.69, 9.17) is 4.98 Å². The molecule has 1 N–H and O–H groups in total. The molecule has 0 aliphatic heterocycles. The second-order valence-electron chi connectivity index (χ2n) is 5.88. The number of anilines is 2. The molecule has 5 rings (SSSR count). The van der Waals surface area contributed by atoms with Crippen LogP contribution in [0.5, 0.6) is 0 Å². The van der Waals surface area contributed by atoms with Gasteiger partial charge in [0, 0.05) is 18.7 Å². The van der Waals surface area contributed by atoms with E-state index in [1.54, 1.807) is 0 Å². The van der Waals surface area contributed by atoms with Crippen molar-refractivity contribution in [3.63, 3.8) is 0 Å². The van der Waals surface area contributed by atoms with E-state index in [9.17, 15) is 0 Å². The molecule has 1 aliphatic rings. The Hall–Kier alpha value is -3.03. The van der Waals surface area contributed by atoms with Crippen LogP contribution in [0.15, 0.2) is 30.3 Å². The van der Waals surface area contributed by atoms with Gasteiger partial charge >= 0.3 is 0 Å². The molecule has 4 aromatic rings. The van der Waals surface area contributed by atoms with Crippen molar-refractivity contribution in [3.05, 3.63) is 36.2 Å². The van der Waals surface area contributed by atoms with Crippen LogP contribution >= 0.6 is 0 Å². The molecule has 23 heavy (non-hydrogen) atoms. The topological polar surface area (TPSA) is 85.8 Å². The molecule has 3 heterocycles. The highest BCUT2D eigenvalue weighted by Crippen LogP contribution is 2.40. The third-order valence-electron chi connectivity index (χ3n) is 4.20. The minimum atomic E-state index is 0.616. The fraction of sp³-hybridized carbons (Fsp3) is 0.267. The van der Waals surface area contributed by atoms with Crippen molar-refractivity contribution in [2.75, 3.05) is 5.32 Å². The van der Waals surface area contributed by atoms with Crippen LogP contribution < -0.4 is 5.32 Å². The maximum absolute atomic E-state index is 4.78. The number of tetrazole rings is 1. The molecule has 1 aromatic carbocycles. The van der Waals surface area contributed by atoms with Gasteiger partial charge in [0.25, 0.3) is 0 Å². The van der Waals surface area contributed by atoms with Crippen LogP contribution in [0.3, 0.4) is 0 Å². The Balaban J connectivity index is 1.52. The Morgan fingerprint density at radius 3 is 2.96 bits per heavy atom. The summed E-state index contributed by atoms with van der Waals surface area (Å²) in [5, 5.41) is 18.8. The van der Waals surface area contributed by atoms with E-state index in [0.717, 1.165) is 16.7 Å². The maximum atomic E-state index is 4.78. The first-order valence-corrected chi connectivity index (χ1v) is 7.57. The first-order chi connectivity index (χ1) is 11.3. The predicted molar refractivity (Wildman–Crippen MR) is 84.5 cm³/mol. The molecule has 1 aliphatic carbocycles. The number of aromatic nitrogens is 7. The van der Waals surface area contributed by atoms with Gasteiger partial charge < -0.3 is 9.88 Å². The van der Waals surface area contributed by atoms with Crippen molar-refractivity contribution in [2.45, 2.75) is 18.8 Å². The Morgan fingerprint density at radius 1 is 1.17 bits per heavy atom. The molecule has 1 fully saturated rings. The lowest BCUT2D eigenvalue weighted by Crippen LogP contribution is -2.00. The number of benzene rings is 1. The SMILES string of the molecule is Cn1c(C2CC2)nc2cc(Nc3ccc4nnnn4n3)ccc21. The van der Waals surface area contributed by atoms with Crippen LogP contribution in [0.25, 0.3) is 16.7 Å². The molecule has 0 amide bonds. The smallest absolute Gasteiger partial charge is 0.200 e. The van der Waals surface area contributed by atoms with Crippen molar-refractivity contribution in [3.8, 4) is 0 Å². The summed E-state index contributed by atoms with van der Waals surface area (Å²) in [7, 11) is 2.09. The van der Waals surface area contributed by atoms with Gasteiger partial charge in [-0.05, 0) is 53.6 Å². The van der Waals surface area contributed by atoms with E-state index >= 15 is 0 Å². The largest absolute Gasteiger partial charge is 0.339 e. The summed E-state index contributed by atoms with van der Waals surface area (Å²) in [6, 6.07) is 9.84. The number of rotatable bonds is 3. The minimum Gasteiger partial charge on any atom is -0.339 e. The molecule has 1 saturated carbocycles. The number of nitrogens with zero attached hydrogens (tertiary/aromatic N) is 7. The third-order valence-corrected chi connectivity index (χ3v) is 4.20. The summed E-state index contributed by atoms with van der Waals surface area (Å²) in [6.07, 6.45) is 2.50. The second-order valence-corrected chi connectivity index (χ2v) is 5.88. The van der Waals surface area contributed by atoms with Gasteiger partial charge in [0.1, 0.15) is 5.82 Å². The molecule has 0 radical (unpaired) electrons. The average molecular weight is 306 g/mol. The van der Waals surface area contributed by atoms with E-state index in [1.807, 2.05) is 24.3 Å². The van der Waals surface area contributed by atoms with Crippen molar-refractivity contribution in [1.29, 1.82) is 0 Å². The fourth-order valence-corrected chi connectivity index (χ4v) is 2.87. The van der Waals surface area contributed by atoms with Gasteiger partial charge in [-0.15, -0.1) is 14.8 Å². The van der Waals surface area contributed by atoms with Gasteiger partial charge in [-0.1, -0.05) is 0 Å². The molecule has 0 spiro atoms. The van der Waals surface area contributed by atoms with E-state index < -0.39 is 0 Å². The van der Waals surface area contributed by atoms with Crippen molar-refractivity contribution in [2.24, 2.45) is 7.05 Å². The number of nitrogens with one attached hydrogen (secondary N) is 1. The quantitative estimate of drug-likeness (QED) is 0.623. The Bertz CT molecular complexity index is 1030. The minimum absolute atomic E-state index is 0.616. The van der Waals surface area contributed by atoms with Crippen LogP contribution in [0.1, 0.15) is 24.6 Å². The first kappa shape index (κ1) is 12.5. The van der Waals surface area contributed by atoms with Gasteiger partial charge in [-0.25, -0.2) is 4.98 Å². The number of imidazole rings is 1. The van der Waals surface area contributed by atoms with Crippen molar-refractivity contribution in [1.82, 2.24) is 34.8 Å². The lowest BCUT2D eigenvalue weighted by atomic mass is 10.2. The maximum Gasteiger partial charge on any atom is 0.200 e. The Labute approximate surface area is 131 Å². The number of hydrogen-bond donors (Lipinski definition) is 1.